The van der Waals surface area contributed by atoms with E-state index in [-0.39, 0.29) is 24.4 Å². The fraction of sp³-hybridized carbons (Fsp3) is 0.467. The zero-order chi connectivity index (χ0) is 15.1. The average molecular weight is 290 g/mol. The van der Waals surface area contributed by atoms with E-state index in [1.165, 1.54) is 0 Å². The average Bonchev–Trinajstić information content (AvgIpc) is 2.48. The lowest BCUT2D eigenvalue weighted by Crippen LogP contribution is -2.47. The maximum Gasteiger partial charge on any atom is 0.239 e. The van der Waals surface area contributed by atoms with Crippen LogP contribution in [0.3, 0.4) is 0 Å². The van der Waals surface area contributed by atoms with E-state index in [0.29, 0.717) is 6.54 Å². The van der Waals surface area contributed by atoms with Gasteiger partial charge in [0.25, 0.3) is 0 Å². The molecule has 114 valence electrons. The third-order valence-electron chi connectivity index (χ3n) is 3.56. The van der Waals surface area contributed by atoms with Crippen LogP contribution < -0.4 is 16.4 Å². The number of carbonyl (C=O) groups excluding carboxylic acids is 2. The minimum Gasteiger partial charge on any atom is -0.376 e. The van der Waals surface area contributed by atoms with Crippen molar-refractivity contribution >= 4 is 17.5 Å². The van der Waals surface area contributed by atoms with Crippen LogP contribution in [0.5, 0.6) is 0 Å². The van der Waals surface area contributed by atoms with Crippen molar-refractivity contribution in [1.82, 2.24) is 10.2 Å². The highest BCUT2D eigenvalue weighted by atomic mass is 16.2. The number of rotatable bonds is 6. The van der Waals surface area contributed by atoms with Crippen LogP contribution >= 0.6 is 0 Å². The number of primary amides is 1. The molecular weight excluding hydrogens is 268 g/mol. The summed E-state index contributed by atoms with van der Waals surface area (Å²) in [5.74, 6) is -0.309. The number of nitrogens with two attached hydrogens (primary N) is 1. The van der Waals surface area contributed by atoms with Crippen molar-refractivity contribution in [3.8, 4) is 0 Å². The highest BCUT2D eigenvalue weighted by Crippen LogP contribution is 2.10. The van der Waals surface area contributed by atoms with E-state index in [4.69, 9.17) is 5.73 Å². The van der Waals surface area contributed by atoms with Gasteiger partial charge >= 0.3 is 0 Å². The number of hydrogen-bond acceptors (Lipinski definition) is 4. The fourth-order valence-corrected chi connectivity index (χ4v) is 2.47. The Balaban J connectivity index is 1.66. The molecule has 0 saturated carbocycles. The first-order valence-corrected chi connectivity index (χ1v) is 7.22. The maximum atomic E-state index is 11.9. The second-order valence-electron chi connectivity index (χ2n) is 5.30. The molecule has 1 aromatic rings. The molecule has 0 atom stereocenters. The minimum atomic E-state index is -0.301. The van der Waals surface area contributed by atoms with Crippen LogP contribution in [0, 0.1) is 0 Å². The van der Waals surface area contributed by atoms with Crippen LogP contribution in [0.2, 0.25) is 0 Å². The van der Waals surface area contributed by atoms with Crippen LogP contribution in [-0.2, 0) is 9.59 Å². The summed E-state index contributed by atoms with van der Waals surface area (Å²) in [4.78, 5) is 24.8. The van der Waals surface area contributed by atoms with E-state index in [0.717, 1.165) is 31.6 Å². The molecule has 1 saturated heterocycles. The van der Waals surface area contributed by atoms with Crippen LogP contribution in [0.1, 0.15) is 12.8 Å². The van der Waals surface area contributed by atoms with Gasteiger partial charge in [-0.05, 0) is 25.0 Å². The van der Waals surface area contributed by atoms with E-state index in [1.54, 1.807) is 0 Å². The number of nitrogens with zero attached hydrogens (tertiary/aromatic N) is 1. The summed E-state index contributed by atoms with van der Waals surface area (Å²) in [7, 11) is 0. The second kappa shape index (κ2) is 7.64. The van der Waals surface area contributed by atoms with Crippen molar-refractivity contribution < 1.29 is 9.59 Å². The van der Waals surface area contributed by atoms with Gasteiger partial charge in [-0.3, -0.25) is 14.5 Å². The van der Waals surface area contributed by atoms with Gasteiger partial charge in [-0.2, -0.15) is 0 Å². The van der Waals surface area contributed by atoms with E-state index >= 15 is 0 Å². The first-order valence-electron chi connectivity index (χ1n) is 7.22. The number of amides is 2. The summed E-state index contributed by atoms with van der Waals surface area (Å²) in [5.41, 5.74) is 6.11. The molecule has 21 heavy (non-hydrogen) atoms. The lowest BCUT2D eigenvalue weighted by molar-refractivity contribution is -0.121. The number of benzene rings is 1. The summed E-state index contributed by atoms with van der Waals surface area (Å²) < 4.78 is 0. The molecule has 1 aromatic carbocycles. The standard InChI is InChI=1S/C15H22N4O2/c16-14(20)11-19-8-6-13(7-9-19)18-15(21)10-17-12-4-2-1-3-5-12/h1-5,13,17H,6-11H2,(H2,16,20)(H,18,21). The Labute approximate surface area is 124 Å². The third kappa shape index (κ3) is 5.43. The number of nitrogens with one attached hydrogen (secondary N) is 2. The second-order valence-corrected chi connectivity index (χ2v) is 5.30. The highest BCUT2D eigenvalue weighted by molar-refractivity contribution is 5.81. The predicted molar refractivity (Wildman–Crippen MR) is 81.7 cm³/mol. The van der Waals surface area contributed by atoms with Crippen molar-refractivity contribution in [2.75, 3.05) is 31.5 Å². The zero-order valence-corrected chi connectivity index (χ0v) is 12.0. The van der Waals surface area contributed by atoms with Gasteiger partial charge in [-0.15, -0.1) is 0 Å². The number of carbonyl (C=O) groups is 2. The summed E-state index contributed by atoms with van der Waals surface area (Å²) >= 11 is 0. The molecule has 0 aliphatic carbocycles. The maximum absolute atomic E-state index is 11.9. The van der Waals surface area contributed by atoms with Crippen molar-refractivity contribution in [3.05, 3.63) is 30.3 Å². The molecule has 0 spiro atoms. The number of para-hydroxylation sites is 1. The van der Waals surface area contributed by atoms with E-state index in [1.807, 2.05) is 35.2 Å². The largest absolute Gasteiger partial charge is 0.376 e. The monoisotopic (exact) mass is 290 g/mol. The van der Waals surface area contributed by atoms with Crippen LogP contribution in [0.4, 0.5) is 5.69 Å². The van der Waals surface area contributed by atoms with E-state index < -0.39 is 0 Å². The molecule has 4 N–H and O–H groups in total. The van der Waals surface area contributed by atoms with Crippen LogP contribution in [0.15, 0.2) is 30.3 Å². The normalized spacial score (nSPS) is 16.4. The SMILES string of the molecule is NC(=O)CN1CCC(NC(=O)CNc2ccccc2)CC1. The molecule has 2 amide bonds. The van der Waals surface area contributed by atoms with Crippen LogP contribution in [0.25, 0.3) is 0 Å². The van der Waals surface area contributed by atoms with Crippen molar-refractivity contribution in [1.29, 1.82) is 0 Å². The molecule has 1 fully saturated rings. The first kappa shape index (κ1) is 15.3. The van der Waals surface area contributed by atoms with Gasteiger partial charge in [0.1, 0.15) is 0 Å². The topological polar surface area (TPSA) is 87.5 Å². The molecule has 1 aliphatic heterocycles. The summed E-state index contributed by atoms with van der Waals surface area (Å²) in [6.07, 6.45) is 1.70. The quantitative estimate of drug-likeness (QED) is 0.696. The number of piperidine rings is 1. The number of likely N-dealkylation sites (tertiary alicyclic amines) is 1. The van der Waals surface area contributed by atoms with Crippen molar-refractivity contribution in [2.24, 2.45) is 5.73 Å². The van der Waals surface area contributed by atoms with Gasteiger partial charge in [-0.25, -0.2) is 0 Å². The molecule has 0 bridgehead atoms. The summed E-state index contributed by atoms with van der Waals surface area (Å²) in [6.45, 7) is 2.15. The van der Waals surface area contributed by atoms with Crippen LogP contribution in [-0.4, -0.2) is 48.9 Å². The molecule has 1 heterocycles. The molecule has 6 nitrogen and oxygen atoms in total. The van der Waals surface area contributed by atoms with Crippen molar-refractivity contribution in [2.45, 2.75) is 18.9 Å². The highest BCUT2D eigenvalue weighted by Gasteiger charge is 2.21. The van der Waals surface area contributed by atoms with E-state index in [9.17, 15) is 9.59 Å². The molecule has 0 radical (unpaired) electrons. The predicted octanol–water partition coefficient (Wildman–Crippen LogP) is 0.164. The lowest BCUT2D eigenvalue weighted by Gasteiger charge is -2.31. The number of anilines is 1. The van der Waals surface area contributed by atoms with Gasteiger partial charge < -0.3 is 16.4 Å². The smallest absolute Gasteiger partial charge is 0.239 e. The Kier molecular flexibility index (Phi) is 5.57. The fourth-order valence-electron chi connectivity index (χ4n) is 2.47. The lowest BCUT2D eigenvalue weighted by atomic mass is 10.1. The van der Waals surface area contributed by atoms with E-state index in [2.05, 4.69) is 10.6 Å². The Morgan fingerprint density at radius 1 is 1.19 bits per heavy atom. The van der Waals surface area contributed by atoms with Gasteiger partial charge in [0.2, 0.25) is 11.8 Å². The summed E-state index contributed by atoms with van der Waals surface area (Å²) in [6, 6.07) is 9.82. The minimum absolute atomic E-state index is 0.00722. The zero-order valence-electron chi connectivity index (χ0n) is 12.0. The van der Waals surface area contributed by atoms with Crippen molar-refractivity contribution in [3.63, 3.8) is 0 Å². The third-order valence-corrected chi connectivity index (χ3v) is 3.56. The Hall–Kier alpha value is -2.08. The van der Waals surface area contributed by atoms with Gasteiger partial charge in [-0.1, -0.05) is 18.2 Å². The molecule has 6 heteroatoms. The molecule has 1 aliphatic rings. The molecule has 2 rings (SSSR count). The Morgan fingerprint density at radius 3 is 2.48 bits per heavy atom. The summed E-state index contributed by atoms with van der Waals surface area (Å²) in [5, 5.41) is 6.10. The molecular formula is C15H22N4O2. The van der Waals surface area contributed by atoms with Gasteiger partial charge in [0, 0.05) is 24.8 Å². The Morgan fingerprint density at radius 2 is 1.86 bits per heavy atom. The molecule has 0 unspecified atom stereocenters. The van der Waals surface area contributed by atoms with Gasteiger partial charge in [0.15, 0.2) is 0 Å². The first-order chi connectivity index (χ1) is 10.1. The number of hydrogen-bond donors (Lipinski definition) is 3. The molecule has 0 aromatic heterocycles. The van der Waals surface area contributed by atoms with Gasteiger partial charge in [0.05, 0.1) is 13.1 Å². The Bertz CT molecular complexity index is 470.